The van der Waals surface area contributed by atoms with Gasteiger partial charge in [0.05, 0.1) is 19.0 Å². The predicted octanol–water partition coefficient (Wildman–Crippen LogP) is 4.17. The Morgan fingerprint density at radius 1 is 0.935 bits per heavy atom. The van der Waals surface area contributed by atoms with Crippen LogP contribution in [0.15, 0.2) is 60.7 Å². The highest BCUT2D eigenvalue weighted by Gasteiger charge is 2.32. The Morgan fingerprint density at radius 3 is 2.23 bits per heavy atom. The number of hydrogen-bond acceptors (Lipinski definition) is 4. The number of para-hydroxylation sites is 1. The van der Waals surface area contributed by atoms with Gasteiger partial charge in [0.25, 0.3) is 0 Å². The molecule has 2 aromatic rings. The molecule has 2 aliphatic rings. The van der Waals surface area contributed by atoms with Crippen molar-refractivity contribution in [3.63, 3.8) is 0 Å². The van der Waals surface area contributed by atoms with Crippen LogP contribution in [-0.2, 0) is 14.8 Å². The summed E-state index contributed by atoms with van der Waals surface area (Å²) < 4.78 is 33.1. The lowest BCUT2D eigenvalue weighted by Crippen LogP contribution is -2.52. The molecule has 5 nitrogen and oxygen atoms in total. The molecular formula is C25H34N2O3S. The third kappa shape index (κ3) is 6.31. The van der Waals surface area contributed by atoms with Gasteiger partial charge in [-0.15, -0.1) is 0 Å². The lowest BCUT2D eigenvalue weighted by atomic mass is 9.82. The van der Waals surface area contributed by atoms with E-state index < -0.39 is 10.0 Å². The Kier molecular flexibility index (Phi) is 7.31. The lowest BCUT2D eigenvalue weighted by Gasteiger charge is -2.40. The molecule has 2 aromatic carbocycles. The van der Waals surface area contributed by atoms with Gasteiger partial charge in [0, 0.05) is 30.7 Å². The number of hydrogen-bond donors (Lipinski definition) is 1. The Bertz CT molecular complexity index is 912. The van der Waals surface area contributed by atoms with Crippen molar-refractivity contribution in [3.05, 3.63) is 66.2 Å². The largest absolute Gasteiger partial charge is 0.378 e. The maximum absolute atomic E-state index is 11.9. The van der Waals surface area contributed by atoms with Crippen LogP contribution >= 0.6 is 0 Å². The zero-order chi connectivity index (χ0) is 21.7. The smallest absolute Gasteiger partial charge is 0.208 e. The molecule has 0 spiro atoms. The molecule has 2 atom stereocenters. The molecule has 0 aromatic heterocycles. The van der Waals surface area contributed by atoms with Gasteiger partial charge < -0.3 is 9.64 Å². The van der Waals surface area contributed by atoms with E-state index in [4.69, 9.17) is 4.74 Å². The van der Waals surface area contributed by atoms with Crippen molar-refractivity contribution in [2.24, 2.45) is 5.92 Å². The van der Waals surface area contributed by atoms with Crippen molar-refractivity contribution in [2.75, 3.05) is 30.9 Å². The normalized spacial score (nSPS) is 27.2. The highest BCUT2D eigenvalue weighted by molar-refractivity contribution is 7.88. The molecule has 6 heteroatoms. The van der Waals surface area contributed by atoms with Crippen molar-refractivity contribution < 1.29 is 13.2 Å². The number of benzene rings is 2. The quantitative estimate of drug-likeness (QED) is 0.699. The average Bonchev–Trinajstić information content (AvgIpc) is 2.79. The molecule has 1 heterocycles. The van der Waals surface area contributed by atoms with Crippen molar-refractivity contribution in [3.8, 4) is 0 Å². The van der Waals surface area contributed by atoms with Crippen molar-refractivity contribution in [2.45, 2.75) is 50.2 Å². The van der Waals surface area contributed by atoms with Crippen LogP contribution in [0.1, 0.15) is 43.6 Å². The number of sulfonamides is 1. The summed E-state index contributed by atoms with van der Waals surface area (Å²) in [5.41, 5.74) is 2.62. The van der Waals surface area contributed by atoms with Crippen LogP contribution in [0.3, 0.4) is 0 Å². The Hall–Kier alpha value is -1.89. The van der Waals surface area contributed by atoms with Gasteiger partial charge in [0.1, 0.15) is 0 Å². The second kappa shape index (κ2) is 10.2. The van der Waals surface area contributed by atoms with E-state index in [1.54, 1.807) is 0 Å². The van der Waals surface area contributed by atoms with Gasteiger partial charge in [-0.3, -0.25) is 0 Å². The Balaban J connectivity index is 1.34. The molecule has 2 fully saturated rings. The summed E-state index contributed by atoms with van der Waals surface area (Å²) in [5, 5.41) is 0. The molecular weight excluding hydrogens is 408 g/mol. The highest BCUT2D eigenvalue weighted by Crippen LogP contribution is 2.34. The van der Waals surface area contributed by atoms with Gasteiger partial charge in [-0.25, -0.2) is 13.1 Å². The number of anilines is 1. The van der Waals surface area contributed by atoms with E-state index >= 15 is 0 Å². The molecule has 1 aliphatic carbocycles. The zero-order valence-electron chi connectivity index (χ0n) is 18.3. The SMILES string of the molecule is CS(=O)(=O)NC1CCN(c2ccccc2)C[C@H]1COC1CCC(c2ccccc2)CC1. The van der Waals surface area contributed by atoms with Crippen LogP contribution in [0.4, 0.5) is 5.69 Å². The first-order chi connectivity index (χ1) is 15.0. The Morgan fingerprint density at radius 2 is 1.58 bits per heavy atom. The van der Waals surface area contributed by atoms with Crippen LogP contribution in [0.5, 0.6) is 0 Å². The van der Waals surface area contributed by atoms with E-state index in [1.165, 1.54) is 17.5 Å². The summed E-state index contributed by atoms with van der Waals surface area (Å²) in [7, 11) is -3.24. The molecule has 168 valence electrons. The van der Waals surface area contributed by atoms with Gasteiger partial charge in [-0.05, 0) is 55.7 Å². The minimum Gasteiger partial charge on any atom is -0.378 e. The number of rotatable bonds is 7. The van der Waals surface area contributed by atoms with E-state index in [1.807, 2.05) is 18.2 Å². The minimum absolute atomic E-state index is 0.0735. The fraction of sp³-hybridized carbons (Fsp3) is 0.520. The molecule has 1 aliphatic heterocycles. The van der Waals surface area contributed by atoms with Crippen molar-refractivity contribution >= 4 is 15.7 Å². The van der Waals surface area contributed by atoms with Crippen LogP contribution < -0.4 is 9.62 Å². The number of nitrogens with zero attached hydrogens (tertiary/aromatic N) is 1. The summed E-state index contributed by atoms with van der Waals surface area (Å²) in [4.78, 5) is 2.35. The zero-order valence-corrected chi connectivity index (χ0v) is 19.1. The standard InChI is InChI=1S/C25H34N2O3S/c1-31(28,29)26-25-16-17-27(23-10-6-3-7-11-23)18-22(25)19-30-24-14-12-21(13-15-24)20-8-4-2-5-9-20/h2-11,21-22,24-26H,12-19H2,1H3/t21?,22-,24?,25?/m0/s1. The van der Waals surface area contributed by atoms with Crippen LogP contribution in [-0.4, -0.2) is 46.5 Å². The minimum atomic E-state index is -3.24. The van der Waals surface area contributed by atoms with E-state index in [2.05, 4.69) is 52.1 Å². The van der Waals surface area contributed by atoms with Crippen molar-refractivity contribution in [1.29, 1.82) is 0 Å². The predicted molar refractivity (Wildman–Crippen MR) is 126 cm³/mol. The monoisotopic (exact) mass is 442 g/mol. The molecule has 1 N–H and O–H groups in total. The second-order valence-electron chi connectivity index (χ2n) is 9.04. The number of nitrogens with one attached hydrogen (secondary N) is 1. The fourth-order valence-corrected chi connectivity index (χ4v) is 5.91. The molecule has 1 saturated carbocycles. The summed E-state index contributed by atoms with van der Waals surface area (Å²) in [6.45, 7) is 2.24. The summed E-state index contributed by atoms with van der Waals surface area (Å²) in [5.74, 6) is 0.763. The van der Waals surface area contributed by atoms with Gasteiger partial charge in [0.2, 0.25) is 10.0 Å². The van der Waals surface area contributed by atoms with Crippen LogP contribution in [0.2, 0.25) is 0 Å². The van der Waals surface area contributed by atoms with Crippen molar-refractivity contribution in [1.82, 2.24) is 4.72 Å². The average molecular weight is 443 g/mol. The summed E-state index contributed by atoms with van der Waals surface area (Å²) in [6.07, 6.45) is 6.75. The number of ether oxygens (including phenoxy) is 1. The summed E-state index contributed by atoms with van der Waals surface area (Å²) >= 11 is 0. The van der Waals surface area contributed by atoms with Gasteiger partial charge in [-0.1, -0.05) is 48.5 Å². The first-order valence-electron chi connectivity index (χ1n) is 11.4. The topological polar surface area (TPSA) is 58.6 Å². The lowest BCUT2D eigenvalue weighted by molar-refractivity contribution is -0.00209. The first kappa shape index (κ1) is 22.3. The van der Waals surface area contributed by atoms with Gasteiger partial charge >= 0.3 is 0 Å². The number of piperidine rings is 1. The highest BCUT2D eigenvalue weighted by atomic mass is 32.2. The van der Waals surface area contributed by atoms with E-state index in [0.717, 1.165) is 45.2 Å². The molecule has 1 unspecified atom stereocenters. The van der Waals surface area contributed by atoms with Gasteiger partial charge in [0.15, 0.2) is 0 Å². The molecule has 1 saturated heterocycles. The molecule has 0 amide bonds. The molecule has 0 radical (unpaired) electrons. The fourth-order valence-electron chi connectivity index (χ4n) is 5.05. The molecule has 4 rings (SSSR count). The third-order valence-corrected chi connectivity index (χ3v) is 7.44. The van der Waals surface area contributed by atoms with E-state index in [0.29, 0.717) is 12.5 Å². The Labute approximate surface area is 186 Å². The van der Waals surface area contributed by atoms with Gasteiger partial charge in [-0.2, -0.15) is 0 Å². The molecule has 0 bridgehead atoms. The van der Waals surface area contributed by atoms with Crippen LogP contribution in [0.25, 0.3) is 0 Å². The van der Waals surface area contributed by atoms with E-state index in [-0.39, 0.29) is 18.1 Å². The van der Waals surface area contributed by atoms with Crippen LogP contribution in [0, 0.1) is 5.92 Å². The van der Waals surface area contributed by atoms with E-state index in [9.17, 15) is 8.42 Å². The first-order valence-corrected chi connectivity index (χ1v) is 13.3. The second-order valence-corrected chi connectivity index (χ2v) is 10.8. The maximum atomic E-state index is 11.9. The molecule has 31 heavy (non-hydrogen) atoms. The summed E-state index contributed by atoms with van der Waals surface area (Å²) in [6, 6.07) is 21.1. The maximum Gasteiger partial charge on any atom is 0.208 e. The third-order valence-electron chi connectivity index (χ3n) is 6.71.